The summed E-state index contributed by atoms with van der Waals surface area (Å²) in [6.07, 6.45) is -0.0873. The van der Waals surface area contributed by atoms with Crippen LogP contribution < -0.4 is 5.32 Å². The van der Waals surface area contributed by atoms with Crippen molar-refractivity contribution < 1.29 is 17.9 Å². The number of hydrogen-bond donors (Lipinski definition) is 1. The van der Waals surface area contributed by atoms with Gasteiger partial charge in [-0.3, -0.25) is 9.69 Å². The number of rotatable bonds is 6. The molecule has 0 aliphatic carbocycles. The summed E-state index contributed by atoms with van der Waals surface area (Å²) >= 11 is 0. The summed E-state index contributed by atoms with van der Waals surface area (Å²) < 4.78 is 28.2. The van der Waals surface area contributed by atoms with Crippen molar-refractivity contribution in [3.05, 3.63) is 0 Å². The molecule has 1 heterocycles. The molecule has 2 atom stereocenters. The zero-order chi connectivity index (χ0) is 14.6. The van der Waals surface area contributed by atoms with E-state index in [2.05, 4.69) is 24.1 Å². The first kappa shape index (κ1) is 16.4. The Balaban J connectivity index is 2.58. The van der Waals surface area contributed by atoms with Crippen molar-refractivity contribution in [1.82, 2.24) is 10.2 Å². The second-order valence-corrected chi connectivity index (χ2v) is 7.53. The monoisotopic (exact) mass is 292 g/mol. The van der Waals surface area contributed by atoms with Gasteiger partial charge in [0.05, 0.1) is 12.1 Å². The third-order valence-corrected chi connectivity index (χ3v) is 5.05. The topological polar surface area (TPSA) is 75.7 Å². The van der Waals surface area contributed by atoms with Crippen LogP contribution in [0.25, 0.3) is 0 Å². The highest BCUT2D eigenvalue weighted by Crippen LogP contribution is 2.15. The van der Waals surface area contributed by atoms with Gasteiger partial charge in [-0.2, -0.15) is 0 Å². The molecule has 1 amide bonds. The Morgan fingerprint density at radius 1 is 1.42 bits per heavy atom. The van der Waals surface area contributed by atoms with Crippen molar-refractivity contribution in [3.8, 4) is 0 Å². The molecule has 1 rings (SSSR count). The Morgan fingerprint density at radius 2 is 2.05 bits per heavy atom. The fourth-order valence-electron chi connectivity index (χ4n) is 2.15. The molecule has 1 aliphatic heterocycles. The third-order valence-electron chi connectivity index (χ3n) is 3.46. The van der Waals surface area contributed by atoms with Gasteiger partial charge >= 0.3 is 0 Å². The van der Waals surface area contributed by atoms with E-state index in [-0.39, 0.29) is 17.9 Å². The lowest BCUT2D eigenvalue weighted by Gasteiger charge is -2.19. The van der Waals surface area contributed by atoms with Gasteiger partial charge < -0.3 is 10.1 Å². The maximum atomic E-state index is 11.7. The molecule has 6 nitrogen and oxygen atoms in total. The summed E-state index contributed by atoms with van der Waals surface area (Å²) in [5.74, 6) is -0.908. The highest BCUT2D eigenvalue weighted by molar-refractivity contribution is 7.92. The molecule has 0 aromatic heterocycles. The lowest BCUT2D eigenvalue weighted by Crippen LogP contribution is -2.46. The highest BCUT2D eigenvalue weighted by Gasteiger charge is 2.35. The smallest absolute Gasteiger partial charge is 0.235 e. The summed E-state index contributed by atoms with van der Waals surface area (Å²) in [5, 5.41) is 2.77. The van der Waals surface area contributed by atoms with Crippen LogP contribution in [0.4, 0.5) is 0 Å². The number of hydrogen-bond acceptors (Lipinski definition) is 5. The molecule has 1 saturated heterocycles. The van der Waals surface area contributed by atoms with Crippen molar-refractivity contribution >= 4 is 15.7 Å². The Hall–Kier alpha value is -0.660. The zero-order valence-electron chi connectivity index (χ0n) is 12.0. The minimum absolute atomic E-state index is 0.0170. The van der Waals surface area contributed by atoms with E-state index in [4.69, 9.17) is 4.74 Å². The normalized spacial score (nSPS) is 24.9. The van der Waals surface area contributed by atoms with Gasteiger partial charge in [0.15, 0.2) is 9.84 Å². The summed E-state index contributed by atoms with van der Waals surface area (Å²) in [7, 11) is -1.67. The number of carbonyl (C=O) groups is 1. The third kappa shape index (κ3) is 4.74. The fourth-order valence-corrected chi connectivity index (χ4v) is 2.84. The van der Waals surface area contributed by atoms with Gasteiger partial charge in [-0.25, -0.2) is 8.42 Å². The van der Waals surface area contributed by atoms with E-state index < -0.39 is 21.5 Å². The van der Waals surface area contributed by atoms with Crippen molar-refractivity contribution in [3.63, 3.8) is 0 Å². The van der Waals surface area contributed by atoms with Gasteiger partial charge in [0.25, 0.3) is 0 Å². The second kappa shape index (κ2) is 6.67. The maximum Gasteiger partial charge on any atom is 0.235 e. The molecule has 0 aromatic rings. The van der Waals surface area contributed by atoms with Gasteiger partial charge in [0, 0.05) is 32.0 Å². The first-order valence-electron chi connectivity index (χ1n) is 6.55. The van der Waals surface area contributed by atoms with Crippen LogP contribution in [0.1, 0.15) is 20.8 Å². The first-order chi connectivity index (χ1) is 8.79. The molecule has 19 heavy (non-hydrogen) atoms. The molecule has 0 saturated carbocycles. The summed E-state index contributed by atoms with van der Waals surface area (Å²) in [4.78, 5) is 13.9. The Bertz CT molecular complexity index is 408. The molecule has 0 bridgehead atoms. The average Bonchev–Trinajstić information content (AvgIpc) is 2.71. The minimum Gasteiger partial charge on any atom is -0.378 e. The van der Waals surface area contributed by atoms with Gasteiger partial charge in [0.2, 0.25) is 5.91 Å². The van der Waals surface area contributed by atoms with Crippen LogP contribution in [-0.2, 0) is 19.4 Å². The Labute approximate surface area is 115 Å². The summed E-state index contributed by atoms with van der Waals surface area (Å²) in [5.41, 5.74) is 0. The van der Waals surface area contributed by atoms with Crippen LogP contribution in [-0.4, -0.2) is 69.1 Å². The van der Waals surface area contributed by atoms with E-state index >= 15 is 0 Å². The first-order valence-corrected chi connectivity index (χ1v) is 8.37. The molecule has 1 N–H and O–H groups in total. The van der Waals surface area contributed by atoms with Crippen LogP contribution in [0.2, 0.25) is 0 Å². The van der Waals surface area contributed by atoms with Crippen molar-refractivity contribution in [2.45, 2.75) is 39.0 Å². The molecular weight excluding hydrogens is 268 g/mol. The zero-order valence-corrected chi connectivity index (χ0v) is 12.9. The number of sulfone groups is 1. The SMILES string of the molecule is CCS(=O)(=O)CC(=O)N[C@H]1CN(C(C)C)C[C@@H]1OC. The number of amides is 1. The van der Waals surface area contributed by atoms with Crippen LogP contribution in [0.5, 0.6) is 0 Å². The predicted octanol–water partition coefficient (Wildman–Crippen LogP) is -0.355. The van der Waals surface area contributed by atoms with E-state index in [1.54, 1.807) is 7.11 Å². The van der Waals surface area contributed by atoms with Gasteiger partial charge in [-0.05, 0) is 13.8 Å². The summed E-state index contributed by atoms with van der Waals surface area (Å²) in [6.45, 7) is 7.14. The molecule has 1 fully saturated rings. The minimum atomic E-state index is -3.28. The fraction of sp³-hybridized carbons (Fsp3) is 0.917. The van der Waals surface area contributed by atoms with Gasteiger partial charge in [-0.1, -0.05) is 6.92 Å². The van der Waals surface area contributed by atoms with E-state index in [9.17, 15) is 13.2 Å². The lowest BCUT2D eigenvalue weighted by atomic mass is 10.2. The number of ether oxygens (including phenoxy) is 1. The van der Waals surface area contributed by atoms with Crippen LogP contribution in [0.3, 0.4) is 0 Å². The molecule has 112 valence electrons. The molecule has 7 heteroatoms. The molecule has 0 unspecified atom stereocenters. The van der Waals surface area contributed by atoms with Gasteiger partial charge in [0.1, 0.15) is 5.75 Å². The molecule has 0 aromatic carbocycles. The molecule has 0 spiro atoms. The van der Waals surface area contributed by atoms with E-state index in [0.717, 1.165) is 6.54 Å². The van der Waals surface area contributed by atoms with E-state index in [0.29, 0.717) is 12.6 Å². The summed E-state index contributed by atoms with van der Waals surface area (Å²) in [6, 6.07) is 0.228. The second-order valence-electron chi connectivity index (χ2n) is 5.17. The number of methoxy groups -OCH3 is 1. The van der Waals surface area contributed by atoms with E-state index in [1.165, 1.54) is 6.92 Å². The molecule has 1 aliphatic rings. The number of carbonyl (C=O) groups excluding carboxylic acids is 1. The molecular formula is C12H24N2O4S. The van der Waals surface area contributed by atoms with Gasteiger partial charge in [-0.15, -0.1) is 0 Å². The van der Waals surface area contributed by atoms with Crippen molar-refractivity contribution in [1.29, 1.82) is 0 Å². The Kier molecular flexibility index (Phi) is 5.76. The van der Waals surface area contributed by atoms with Crippen molar-refractivity contribution in [2.24, 2.45) is 0 Å². The molecule has 0 radical (unpaired) electrons. The Morgan fingerprint density at radius 3 is 2.53 bits per heavy atom. The number of nitrogens with zero attached hydrogens (tertiary/aromatic N) is 1. The highest BCUT2D eigenvalue weighted by atomic mass is 32.2. The maximum absolute atomic E-state index is 11.7. The largest absolute Gasteiger partial charge is 0.378 e. The lowest BCUT2D eigenvalue weighted by molar-refractivity contribution is -0.119. The predicted molar refractivity (Wildman–Crippen MR) is 73.8 cm³/mol. The van der Waals surface area contributed by atoms with Crippen LogP contribution in [0.15, 0.2) is 0 Å². The van der Waals surface area contributed by atoms with Crippen LogP contribution in [0, 0.1) is 0 Å². The van der Waals surface area contributed by atoms with Crippen LogP contribution >= 0.6 is 0 Å². The van der Waals surface area contributed by atoms with E-state index in [1.807, 2.05) is 0 Å². The standard InChI is InChI=1S/C12H24N2O4S/c1-5-19(16,17)8-12(15)13-10-6-14(9(2)3)7-11(10)18-4/h9-11H,5-8H2,1-4H3,(H,13,15)/t10-,11-/m0/s1. The van der Waals surface area contributed by atoms with Crippen molar-refractivity contribution in [2.75, 3.05) is 31.7 Å². The quantitative estimate of drug-likeness (QED) is 0.724. The number of likely N-dealkylation sites (tertiary alicyclic amines) is 1. The average molecular weight is 292 g/mol. The number of nitrogens with one attached hydrogen (secondary N) is 1.